The van der Waals surface area contributed by atoms with Gasteiger partial charge in [-0.3, -0.25) is 9.59 Å². The summed E-state index contributed by atoms with van der Waals surface area (Å²) < 4.78 is 0. The van der Waals surface area contributed by atoms with Gasteiger partial charge in [0.25, 0.3) is 11.8 Å². The lowest BCUT2D eigenvalue weighted by molar-refractivity contribution is 0.0949. The Morgan fingerprint density at radius 1 is 0.733 bits per heavy atom. The lowest BCUT2D eigenvalue weighted by Crippen LogP contribution is -2.23. The number of amides is 2. The third-order valence-electron chi connectivity index (χ3n) is 4.99. The third kappa shape index (κ3) is 5.57. The van der Waals surface area contributed by atoms with Crippen molar-refractivity contribution >= 4 is 17.5 Å². The Morgan fingerprint density at radius 3 is 1.83 bits per heavy atom. The van der Waals surface area contributed by atoms with Crippen LogP contribution in [0.4, 0.5) is 5.69 Å². The van der Waals surface area contributed by atoms with E-state index in [1.54, 1.807) is 12.1 Å². The van der Waals surface area contributed by atoms with Crippen LogP contribution in [0.25, 0.3) is 0 Å². The monoisotopic (exact) mass is 400 g/mol. The Labute approximate surface area is 178 Å². The second-order valence-corrected chi connectivity index (χ2v) is 8.53. The smallest absolute Gasteiger partial charge is 0.255 e. The highest BCUT2D eigenvalue weighted by molar-refractivity contribution is 6.04. The van der Waals surface area contributed by atoms with E-state index in [0.717, 1.165) is 16.8 Å². The molecule has 0 aliphatic carbocycles. The molecule has 0 saturated heterocycles. The molecular weight excluding hydrogens is 372 g/mol. The SMILES string of the molecule is Cc1ccc(NC(=O)c2ccc(CNC(=O)c3ccc(C(C)(C)C)cc3)cc2)cc1. The van der Waals surface area contributed by atoms with Crippen LogP contribution in [0, 0.1) is 6.92 Å². The molecule has 3 aromatic rings. The van der Waals surface area contributed by atoms with Crippen molar-refractivity contribution in [3.63, 3.8) is 0 Å². The number of aryl methyl sites for hydroxylation is 1. The van der Waals surface area contributed by atoms with E-state index in [2.05, 4.69) is 31.4 Å². The molecule has 2 amide bonds. The average Bonchev–Trinajstić information content (AvgIpc) is 2.73. The summed E-state index contributed by atoms with van der Waals surface area (Å²) in [4.78, 5) is 24.8. The minimum absolute atomic E-state index is 0.0580. The molecule has 4 heteroatoms. The highest BCUT2D eigenvalue weighted by atomic mass is 16.2. The van der Waals surface area contributed by atoms with E-state index in [4.69, 9.17) is 0 Å². The first-order valence-corrected chi connectivity index (χ1v) is 10.1. The van der Waals surface area contributed by atoms with Crippen molar-refractivity contribution in [3.8, 4) is 0 Å². The van der Waals surface area contributed by atoms with Crippen molar-refractivity contribution in [2.75, 3.05) is 5.32 Å². The maximum absolute atomic E-state index is 12.4. The third-order valence-corrected chi connectivity index (χ3v) is 4.99. The van der Waals surface area contributed by atoms with Crippen LogP contribution in [0.2, 0.25) is 0 Å². The first-order chi connectivity index (χ1) is 14.2. The predicted molar refractivity (Wildman–Crippen MR) is 122 cm³/mol. The highest BCUT2D eigenvalue weighted by Gasteiger charge is 2.14. The normalized spacial score (nSPS) is 11.1. The first-order valence-electron chi connectivity index (χ1n) is 10.1. The van der Waals surface area contributed by atoms with Crippen LogP contribution in [0.5, 0.6) is 0 Å². The topological polar surface area (TPSA) is 58.2 Å². The van der Waals surface area contributed by atoms with Crippen LogP contribution in [0.3, 0.4) is 0 Å². The molecule has 30 heavy (non-hydrogen) atoms. The number of carbonyl (C=O) groups excluding carboxylic acids is 2. The second-order valence-electron chi connectivity index (χ2n) is 8.53. The van der Waals surface area contributed by atoms with Crippen LogP contribution in [0.15, 0.2) is 72.8 Å². The molecule has 0 saturated carbocycles. The zero-order valence-electron chi connectivity index (χ0n) is 18.0. The van der Waals surface area contributed by atoms with Crippen molar-refractivity contribution in [1.82, 2.24) is 5.32 Å². The summed E-state index contributed by atoms with van der Waals surface area (Å²) in [6.45, 7) is 8.84. The van der Waals surface area contributed by atoms with Crippen molar-refractivity contribution < 1.29 is 9.59 Å². The lowest BCUT2D eigenvalue weighted by Gasteiger charge is -2.19. The van der Waals surface area contributed by atoms with Crippen LogP contribution in [-0.2, 0) is 12.0 Å². The molecule has 3 rings (SSSR count). The lowest BCUT2D eigenvalue weighted by atomic mass is 9.87. The van der Waals surface area contributed by atoms with E-state index >= 15 is 0 Å². The number of nitrogens with one attached hydrogen (secondary N) is 2. The number of carbonyl (C=O) groups is 2. The van der Waals surface area contributed by atoms with Gasteiger partial charge in [0.1, 0.15) is 0 Å². The zero-order valence-corrected chi connectivity index (χ0v) is 18.0. The summed E-state index contributed by atoms with van der Waals surface area (Å²) in [5.41, 5.74) is 5.30. The molecule has 0 unspecified atom stereocenters. The van der Waals surface area contributed by atoms with Gasteiger partial charge in [0.05, 0.1) is 0 Å². The van der Waals surface area contributed by atoms with Gasteiger partial charge in [-0.25, -0.2) is 0 Å². The molecule has 3 aromatic carbocycles. The quantitative estimate of drug-likeness (QED) is 0.596. The molecule has 0 atom stereocenters. The Hall–Kier alpha value is -3.40. The number of benzene rings is 3. The maximum atomic E-state index is 12.4. The molecular formula is C26H28N2O2. The number of anilines is 1. The molecule has 0 fully saturated rings. The Morgan fingerprint density at radius 2 is 1.27 bits per heavy atom. The molecule has 0 heterocycles. The Bertz CT molecular complexity index is 1010. The van der Waals surface area contributed by atoms with E-state index in [0.29, 0.717) is 17.7 Å². The number of hydrogen-bond donors (Lipinski definition) is 2. The van der Waals surface area contributed by atoms with Gasteiger partial charge in [-0.1, -0.05) is 62.7 Å². The summed E-state index contributed by atoms with van der Waals surface area (Å²) in [6.07, 6.45) is 0. The van der Waals surface area contributed by atoms with Crippen LogP contribution in [-0.4, -0.2) is 11.8 Å². The van der Waals surface area contributed by atoms with Gasteiger partial charge in [-0.15, -0.1) is 0 Å². The first kappa shape index (κ1) is 21.3. The molecule has 0 radical (unpaired) electrons. The van der Waals surface area contributed by atoms with Crippen molar-refractivity contribution in [2.24, 2.45) is 0 Å². The van der Waals surface area contributed by atoms with Gasteiger partial charge in [0, 0.05) is 23.4 Å². The highest BCUT2D eigenvalue weighted by Crippen LogP contribution is 2.22. The maximum Gasteiger partial charge on any atom is 0.255 e. The molecule has 2 N–H and O–H groups in total. The van der Waals surface area contributed by atoms with Gasteiger partial charge >= 0.3 is 0 Å². The van der Waals surface area contributed by atoms with Crippen LogP contribution >= 0.6 is 0 Å². The number of rotatable bonds is 5. The summed E-state index contributed by atoms with van der Waals surface area (Å²) in [5.74, 6) is -0.273. The van der Waals surface area contributed by atoms with Crippen LogP contribution < -0.4 is 10.6 Å². The minimum Gasteiger partial charge on any atom is -0.348 e. The van der Waals surface area contributed by atoms with E-state index < -0.39 is 0 Å². The molecule has 154 valence electrons. The van der Waals surface area contributed by atoms with E-state index in [-0.39, 0.29) is 17.2 Å². The molecule has 0 bridgehead atoms. The molecule has 4 nitrogen and oxygen atoms in total. The second kappa shape index (κ2) is 8.95. The van der Waals surface area contributed by atoms with Gasteiger partial charge in [-0.2, -0.15) is 0 Å². The van der Waals surface area contributed by atoms with E-state index in [1.165, 1.54) is 5.56 Å². The van der Waals surface area contributed by atoms with Crippen molar-refractivity contribution in [2.45, 2.75) is 39.7 Å². The zero-order chi connectivity index (χ0) is 21.7. The molecule has 0 spiro atoms. The van der Waals surface area contributed by atoms with Gasteiger partial charge < -0.3 is 10.6 Å². The van der Waals surface area contributed by atoms with Crippen LogP contribution in [0.1, 0.15) is 58.2 Å². The summed E-state index contributed by atoms with van der Waals surface area (Å²) in [7, 11) is 0. The minimum atomic E-state index is -0.159. The summed E-state index contributed by atoms with van der Waals surface area (Å²) >= 11 is 0. The van der Waals surface area contributed by atoms with Gasteiger partial charge in [0.15, 0.2) is 0 Å². The largest absolute Gasteiger partial charge is 0.348 e. The molecule has 0 aliphatic rings. The summed E-state index contributed by atoms with van der Waals surface area (Å²) in [5, 5.41) is 5.81. The Balaban J connectivity index is 1.55. The van der Waals surface area contributed by atoms with Crippen molar-refractivity contribution in [1.29, 1.82) is 0 Å². The predicted octanol–water partition coefficient (Wildman–Crippen LogP) is 5.47. The number of hydrogen-bond acceptors (Lipinski definition) is 2. The molecule has 0 aromatic heterocycles. The standard InChI is InChI=1S/C26H28N2O2/c1-18-5-15-23(16-6-18)28-25(30)21-9-7-19(8-10-21)17-27-24(29)20-11-13-22(14-12-20)26(2,3)4/h5-16H,17H2,1-4H3,(H,27,29)(H,28,30). The fourth-order valence-electron chi connectivity index (χ4n) is 3.02. The Kier molecular flexibility index (Phi) is 6.36. The van der Waals surface area contributed by atoms with Gasteiger partial charge in [-0.05, 0) is 59.9 Å². The fourth-order valence-corrected chi connectivity index (χ4v) is 3.02. The molecule has 0 aliphatic heterocycles. The summed E-state index contributed by atoms with van der Waals surface area (Å²) in [6, 6.07) is 22.6. The van der Waals surface area contributed by atoms with Gasteiger partial charge in [0.2, 0.25) is 0 Å². The van der Waals surface area contributed by atoms with Crippen molar-refractivity contribution in [3.05, 3.63) is 101 Å². The van der Waals surface area contributed by atoms with E-state index in [9.17, 15) is 9.59 Å². The fraction of sp³-hybridized carbons (Fsp3) is 0.231. The van der Waals surface area contributed by atoms with E-state index in [1.807, 2.05) is 67.6 Å². The average molecular weight is 401 g/mol.